The maximum atomic E-state index is 5.30. The van der Waals surface area contributed by atoms with E-state index in [0.717, 1.165) is 18.1 Å². The van der Waals surface area contributed by atoms with Crippen LogP contribution in [0.15, 0.2) is 18.2 Å². The molecule has 2 aromatic rings. The Balaban J connectivity index is 2.05. The molecule has 0 radical (unpaired) electrons. The van der Waals surface area contributed by atoms with Crippen molar-refractivity contribution in [3.05, 3.63) is 33.6 Å². The van der Waals surface area contributed by atoms with Gasteiger partial charge in [0.2, 0.25) is 5.95 Å². The highest BCUT2D eigenvalue weighted by Gasteiger charge is 2.01. The Bertz CT molecular complexity index is 508. The lowest BCUT2D eigenvalue weighted by atomic mass is 10.4. The molecule has 0 fully saturated rings. The second kappa shape index (κ2) is 5.11. The van der Waals surface area contributed by atoms with Crippen molar-refractivity contribution in [2.45, 2.75) is 20.4 Å². The number of nitrogens with one attached hydrogen (secondary N) is 2. The number of nitrogen functional groups attached to an aromatic ring is 1. The van der Waals surface area contributed by atoms with Gasteiger partial charge in [0, 0.05) is 21.5 Å². The lowest BCUT2D eigenvalue weighted by Gasteiger charge is -2.06. The fourth-order valence-electron chi connectivity index (χ4n) is 1.48. The number of anilines is 2. The molecule has 90 valence electrons. The molecule has 2 heterocycles. The molecule has 0 bridgehead atoms. The van der Waals surface area contributed by atoms with Gasteiger partial charge in [-0.3, -0.25) is 5.43 Å². The van der Waals surface area contributed by atoms with Gasteiger partial charge in [0.05, 0.1) is 6.54 Å². The molecule has 0 saturated heterocycles. The molecule has 0 amide bonds. The third-order valence-electron chi connectivity index (χ3n) is 2.22. The van der Waals surface area contributed by atoms with Gasteiger partial charge in [0.15, 0.2) is 0 Å². The Labute approximate surface area is 104 Å². The van der Waals surface area contributed by atoms with Crippen LogP contribution in [-0.4, -0.2) is 9.97 Å². The minimum atomic E-state index is 0.426. The summed E-state index contributed by atoms with van der Waals surface area (Å²) in [6, 6.07) is 6.12. The third-order valence-corrected chi connectivity index (χ3v) is 3.22. The second-order valence-electron chi connectivity index (χ2n) is 3.73. The van der Waals surface area contributed by atoms with Crippen molar-refractivity contribution in [2.75, 3.05) is 10.7 Å². The minimum absolute atomic E-state index is 0.426. The summed E-state index contributed by atoms with van der Waals surface area (Å²) in [6.07, 6.45) is 0. The molecule has 0 saturated carbocycles. The lowest BCUT2D eigenvalue weighted by molar-refractivity contribution is 1.05. The van der Waals surface area contributed by atoms with Crippen molar-refractivity contribution in [1.29, 1.82) is 0 Å². The summed E-state index contributed by atoms with van der Waals surface area (Å²) in [5.74, 6) is 6.50. The van der Waals surface area contributed by atoms with E-state index in [1.165, 1.54) is 9.75 Å². The van der Waals surface area contributed by atoms with Crippen molar-refractivity contribution in [1.82, 2.24) is 9.97 Å². The molecule has 6 heteroatoms. The summed E-state index contributed by atoms with van der Waals surface area (Å²) in [7, 11) is 0. The first kappa shape index (κ1) is 11.8. The van der Waals surface area contributed by atoms with Gasteiger partial charge in [-0.05, 0) is 26.0 Å². The second-order valence-corrected chi connectivity index (χ2v) is 5.10. The number of aromatic nitrogens is 2. The van der Waals surface area contributed by atoms with Crippen LogP contribution in [0.25, 0.3) is 0 Å². The SMILES string of the molecule is Cc1cc(NCc2ccc(C)s2)nc(NN)n1. The molecule has 0 aliphatic heterocycles. The number of nitrogens with two attached hydrogens (primary N) is 1. The maximum Gasteiger partial charge on any atom is 0.239 e. The minimum Gasteiger partial charge on any atom is -0.365 e. The molecule has 0 atom stereocenters. The Morgan fingerprint density at radius 3 is 2.76 bits per heavy atom. The maximum absolute atomic E-state index is 5.30. The average Bonchev–Trinajstić information content (AvgIpc) is 2.72. The third kappa shape index (κ3) is 3.15. The van der Waals surface area contributed by atoms with Gasteiger partial charge in [-0.2, -0.15) is 4.98 Å². The Hall–Kier alpha value is -1.66. The van der Waals surface area contributed by atoms with E-state index in [1.54, 1.807) is 11.3 Å². The molecule has 17 heavy (non-hydrogen) atoms. The molecule has 4 N–H and O–H groups in total. The first-order valence-electron chi connectivity index (χ1n) is 5.29. The van der Waals surface area contributed by atoms with Gasteiger partial charge in [-0.1, -0.05) is 0 Å². The summed E-state index contributed by atoms with van der Waals surface area (Å²) in [5, 5.41) is 3.25. The molecule has 0 aliphatic carbocycles. The smallest absolute Gasteiger partial charge is 0.239 e. The van der Waals surface area contributed by atoms with Crippen molar-refractivity contribution < 1.29 is 0 Å². The van der Waals surface area contributed by atoms with Crippen molar-refractivity contribution in [2.24, 2.45) is 5.84 Å². The highest BCUT2D eigenvalue weighted by Crippen LogP contribution is 2.17. The van der Waals surface area contributed by atoms with Crippen molar-refractivity contribution in [3.63, 3.8) is 0 Å². The number of hydrazine groups is 1. The highest BCUT2D eigenvalue weighted by molar-refractivity contribution is 7.11. The zero-order valence-electron chi connectivity index (χ0n) is 9.82. The van der Waals surface area contributed by atoms with Crippen molar-refractivity contribution in [3.8, 4) is 0 Å². The van der Waals surface area contributed by atoms with Gasteiger partial charge in [-0.25, -0.2) is 10.8 Å². The predicted molar refractivity (Wildman–Crippen MR) is 71.0 cm³/mol. The van der Waals surface area contributed by atoms with Crippen LogP contribution in [0.1, 0.15) is 15.4 Å². The van der Waals surface area contributed by atoms with Crippen molar-refractivity contribution >= 4 is 23.1 Å². The van der Waals surface area contributed by atoms with Crippen LogP contribution in [0, 0.1) is 13.8 Å². The van der Waals surface area contributed by atoms with E-state index in [0.29, 0.717) is 5.95 Å². The van der Waals surface area contributed by atoms with Gasteiger partial charge in [0.1, 0.15) is 5.82 Å². The summed E-state index contributed by atoms with van der Waals surface area (Å²) in [5.41, 5.74) is 3.32. The van der Waals surface area contributed by atoms with Crippen LogP contribution in [0.5, 0.6) is 0 Å². The Morgan fingerprint density at radius 1 is 1.29 bits per heavy atom. The zero-order chi connectivity index (χ0) is 12.3. The van der Waals surface area contributed by atoms with Gasteiger partial charge in [0.25, 0.3) is 0 Å². The molecule has 5 nitrogen and oxygen atoms in total. The molecule has 0 aliphatic rings. The molecule has 2 rings (SSSR count). The lowest BCUT2D eigenvalue weighted by Crippen LogP contribution is -2.12. The summed E-state index contributed by atoms with van der Waals surface area (Å²) >= 11 is 1.77. The van der Waals surface area contributed by atoms with E-state index >= 15 is 0 Å². The molecular weight excluding hydrogens is 234 g/mol. The molecule has 2 aromatic heterocycles. The quantitative estimate of drug-likeness (QED) is 0.571. The normalized spacial score (nSPS) is 10.3. The molecular formula is C11H15N5S. The highest BCUT2D eigenvalue weighted by atomic mass is 32.1. The number of nitrogens with zero attached hydrogens (tertiary/aromatic N) is 2. The number of rotatable bonds is 4. The number of hydrogen-bond donors (Lipinski definition) is 3. The van der Waals surface area contributed by atoms with Gasteiger partial charge >= 0.3 is 0 Å². The van der Waals surface area contributed by atoms with Gasteiger partial charge < -0.3 is 5.32 Å². The fourth-order valence-corrected chi connectivity index (χ4v) is 2.31. The van der Waals surface area contributed by atoms with Crippen LogP contribution >= 0.6 is 11.3 Å². The summed E-state index contributed by atoms with van der Waals surface area (Å²) < 4.78 is 0. The first-order valence-corrected chi connectivity index (χ1v) is 6.10. The van der Waals surface area contributed by atoms with Crippen LogP contribution in [0.3, 0.4) is 0 Å². The van der Waals surface area contributed by atoms with Crippen LogP contribution in [0.2, 0.25) is 0 Å². The Morgan fingerprint density at radius 2 is 2.12 bits per heavy atom. The largest absolute Gasteiger partial charge is 0.365 e. The number of hydrogen-bond acceptors (Lipinski definition) is 6. The zero-order valence-corrected chi connectivity index (χ0v) is 10.6. The first-order chi connectivity index (χ1) is 8.17. The molecule has 0 aromatic carbocycles. The number of aryl methyl sites for hydroxylation is 2. The molecule has 0 unspecified atom stereocenters. The average molecular weight is 249 g/mol. The van der Waals surface area contributed by atoms with Crippen LogP contribution in [-0.2, 0) is 6.54 Å². The number of thiophene rings is 1. The van der Waals surface area contributed by atoms with E-state index in [4.69, 9.17) is 5.84 Å². The van der Waals surface area contributed by atoms with E-state index in [1.807, 2.05) is 13.0 Å². The topological polar surface area (TPSA) is 75.9 Å². The summed E-state index contributed by atoms with van der Waals surface area (Å²) in [4.78, 5) is 10.9. The van der Waals surface area contributed by atoms with Crippen LogP contribution < -0.4 is 16.6 Å². The monoisotopic (exact) mass is 249 g/mol. The Kier molecular flexibility index (Phi) is 3.55. The van der Waals surface area contributed by atoms with E-state index in [2.05, 4.69) is 39.8 Å². The van der Waals surface area contributed by atoms with E-state index < -0.39 is 0 Å². The predicted octanol–water partition coefficient (Wildman–Crippen LogP) is 2.05. The fraction of sp³-hybridized carbons (Fsp3) is 0.273. The van der Waals surface area contributed by atoms with Gasteiger partial charge in [-0.15, -0.1) is 11.3 Å². The van der Waals surface area contributed by atoms with E-state index in [9.17, 15) is 0 Å². The van der Waals surface area contributed by atoms with Crippen LogP contribution in [0.4, 0.5) is 11.8 Å². The molecule has 0 spiro atoms. The summed E-state index contributed by atoms with van der Waals surface area (Å²) in [6.45, 7) is 4.77. The van der Waals surface area contributed by atoms with E-state index in [-0.39, 0.29) is 0 Å². The standard InChI is InChI=1S/C11H15N5S/c1-7-5-10(15-11(14-7)16-12)13-6-9-4-3-8(2)17-9/h3-5H,6,12H2,1-2H3,(H2,13,14,15,16).